The lowest BCUT2D eigenvalue weighted by molar-refractivity contribution is 0.660. The Morgan fingerprint density at radius 3 is 2.23 bits per heavy atom. The molecular weight excluding hydrogens is 366 g/mol. The number of allylic oxidation sites excluding steroid dienone is 1. The highest BCUT2D eigenvalue weighted by atomic mass is 15.1. The summed E-state index contributed by atoms with van der Waals surface area (Å²) in [5.41, 5.74) is 9.11. The fraction of sp³-hybridized carbons (Fsp3) is 0.185. The molecule has 0 bridgehead atoms. The molecule has 0 heterocycles. The van der Waals surface area contributed by atoms with Gasteiger partial charge in [-0.2, -0.15) is 10.5 Å². The van der Waals surface area contributed by atoms with Gasteiger partial charge in [0.15, 0.2) is 0 Å². The first-order valence-corrected chi connectivity index (χ1v) is 9.95. The van der Waals surface area contributed by atoms with Crippen LogP contribution in [0.15, 0.2) is 60.7 Å². The smallest absolute Gasteiger partial charge is 0.0998 e. The molecule has 0 saturated heterocycles. The number of nitrogens with zero attached hydrogens (tertiary/aromatic N) is 3. The third kappa shape index (κ3) is 3.06. The number of benzene rings is 3. The summed E-state index contributed by atoms with van der Waals surface area (Å²) < 4.78 is 0. The van der Waals surface area contributed by atoms with Gasteiger partial charge in [-0.15, -0.1) is 0 Å². The maximum Gasteiger partial charge on any atom is 0.0998 e. The van der Waals surface area contributed by atoms with Crippen LogP contribution in [0.5, 0.6) is 0 Å². The summed E-state index contributed by atoms with van der Waals surface area (Å²) in [4.78, 5) is 2.10. The number of nitriles is 2. The number of rotatable bonds is 3. The molecule has 4 rings (SSSR count). The largest absolute Gasteiger partial charge is 0.377 e. The summed E-state index contributed by atoms with van der Waals surface area (Å²) in [7, 11) is 4.06. The van der Waals surface area contributed by atoms with Crippen LogP contribution in [0.25, 0.3) is 22.8 Å². The van der Waals surface area contributed by atoms with E-state index in [4.69, 9.17) is 5.26 Å². The van der Waals surface area contributed by atoms with Crippen LogP contribution >= 0.6 is 0 Å². The van der Waals surface area contributed by atoms with Gasteiger partial charge in [0.2, 0.25) is 0 Å². The summed E-state index contributed by atoms with van der Waals surface area (Å²) in [5, 5.41) is 18.9. The van der Waals surface area contributed by atoms with Crippen LogP contribution in [0.4, 0.5) is 5.69 Å². The highest BCUT2D eigenvalue weighted by molar-refractivity contribution is 5.94. The minimum Gasteiger partial charge on any atom is -0.377 e. The van der Waals surface area contributed by atoms with E-state index in [0.717, 1.165) is 16.8 Å². The molecule has 0 aliphatic heterocycles. The van der Waals surface area contributed by atoms with E-state index in [1.54, 1.807) is 12.1 Å². The van der Waals surface area contributed by atoms with E-state index in [1.165, 1.54) is 22.3 Å². The van der Waals surface area contributed by atoms with Crippen molar-refractivity contribution in [1.29, 1.82) is 10.5 Å². The lowest BCUT2D eigenvalue weighted by Gasteiger charge is -2.24. The average molecular weight is 390 g/mol. The zero-order valence-corrected chi connectivity index (χ0v) is 17.7. The molecule has 0 spiro atoms. The SMILES string of the molecule is CN(C)c1cc2c(cc1/C=C(\C#N)c1ccc(C#N)cc1)-c1ccccc1C2(C)C. The predicted octanol–water partition coefficient (Wildman–Crippen LogP) is 5.99. The third-order valence-corrected chi connectivity index (χ3v) is 5.96. The summed E-state index contributed by atoms with van der Waals surface area (Å²) in [6.45, 7) is 4.54. The van der Waals surface area contributed by atoms with Gasteiger partial charge in [0, 0.05) is 25.2 Å². The van der Waals surface area contributed by atoms with Crippen molar-refractivity contribution in [3.63, 3.8) is 0 Å². The molecule has 0 atom stereocenters. The molecule has 0 aromatic heterocycles. The van der Waals surface area contributed by atoms with Gasteiger partial charge in [0.1, 0.15) is 0 Å². The topological polar surface area (TPSA) is 50.8 Å². The van der Waals surface area contributed by atoms with Gasteiger partial charge in [-0.3, -0.25) is 0 Å². The van der Waals surface area contributed by atoms with Gasteiger partial charge in [0.05, 0.1) is 23.3 Å². The van der Waals surface area contributed by atoms with Crippen LogP contribution in [-0.4, -0.2) is 14.1 Å². The van der Waals surface area contributed by atoms with Crippen molar-refractivity contribution in [3.8, 4) is 23.3 Å². The van der Waals surface area contributed by atoms with Gasteiger partial charge in [-0.1, -0.05) is 50.2 Å². The molecule has 0 radical (unpaired) electrons. The predicted molar refractivity (Wildman–Crippen MR) is 123 cm³/mol. The van der Waals surface area contributed by atoms with Gasteiger partial charge < -0.3 is 4.90 Å². The van der Waals surface area contributed by atoms with E-state index in [0.29, 0.717) is 11.1 Å². The lowest BCUT2D eigenvalue weighted by atomic mass is 9.82. The molecule has 1 aliphatic rings. The summed E-state index contributed by atoms with van der Waals surface area (Å²) in [6, 6.07) is 24.6. The van der Waals surface area contributed by atoms with Gasteiger partial charge >= 0.3 is 0 Å². The summed E-state index contributed by atoms with van der Waals surface area (Å²) >= 11 is 0. The van der Waals surface area contributed by atoms with Crippen LogP contribution in [0.1, 0.15) is 41.7 Å². The summed E-state index contributed by atoms with van der Waals surface area (Å²) in [6.07, 6.45) is 1.95. The Balaban J connectivity index is 1.92. The standard InChI is InChI=1S/C27H23N3/c1-27(2)24-8-6-5-7-22(24)23-14-20(26(30(3)4)15-25(23)27)13-21(17-29)19-11-9-18(16-28)10-12-19/h5-15H,1-4H3/b21-13+. The van der Waals surface area contributed by atoms with Gasteiger partial charge in [0.25, 0.3) is 0 Å². The highest BCUT2D eigenvalue weighted by Crippen LogP contribution is 2.50. The zero-order chi connectivity index (χ0) is 21.5. The first-order valence-electron chi connectivity index (χ1n) is 9.95. The Morgan fingerprint density at radius 1 is 0.900 bits per heavy atom. The first-order chi connectivity index (χ1) is 14.4. The lowest BCUT2D eigenvalue weighted by Crippen LogP contribution is -2.17. The minimum absolute atomic E-state index is 0.0654. The molecule has 30 heavy (non-hydrogen) atoms. The molecule has 3 aromatic carbocycles. The Kier molecular flexibility index (Phi) is 4.69. The molecule has 0 N–H and O–H groups in total. The first kappa shape index (κ1) is 19.5. The Hall–Kier alpha value is -3.82. The molecule has 0 saturated carbocycles. The second kappa shape index (κ2) is 7.21. The number of anilines is 1. The van der Waals surface area contributed by atoms with Crippen molar-refractivity contribution in [1.82, 2.24) is 0 Å². The van der Waals surface area contributed by atoms with Crippen LogP contribution < -0.4 is 4.90 Å². The summed E-state index contributed by atoms with van der Waals surface area (Å²) in [5.74, 6) is 0. The maximum atomic E-state index is 9.83. The Labute approximate surface area is 178 Å². The number of hydrogen-bond acceptors (Lipinski definition) is 3. The zero-order valence-electron chi connectivity index (χ0n) is 17.7. The molecule has 146 valence electrons. The van der Waals surface area contributed by atoms with Gasteiger partial charge in [-0.05, 0) is 63.7 Å². The third-order valence-electron chi connectivity index (χ3n) is 5.96. The minimum atomic E-state index is -0.0654. The molecule has 0 amide bonds. The van der Waals surface area contributed by atoms with E-state index >= 15 is 0 Å². The molecule has 3 aromatic rings. The highest BCUT2D eigenvalue weighted by Gasteiger charge is 2.36. The Bertz CT molecular complexity index is 1250. The average Bonchev–Trinajstić information content (AvgIpc) is 2.98. The molecular formula is C27H23N3. The molecule has 1 aliphatic carbocycles. The van der Waals surface area contributed by atoms with Crippen LogP contribution in [-0.2, 0) is 5.41 Å². The van der Waals surface area contributed by atoms with Crippen LogP contribution in [0.3, 0.4) is 0 Å². The molecule has 0 unspecified atom stereocenters. The monoisotopic (exact) mass is 389 g/mol. The van der Waals surface area contributed by atoms with Crippen molar-refractivity contribution in [3.05, 3.63) is 88.5 Å². The van der Waals surface area contributed by atoms with Crippen LogP contribution in [0, 0.1) is 22.7 Å². The van der Waals surface area contributed by atoms with Gasteiger partial charge in [-0.25, -0.2) is 0 Å². The van der Waals surface area contributed by atoms with Crippen molar-refractivity contribution in [2.45, 2.75) is 19.3 Å². The second-order valence-corrected chi connectivity index (χ2v) is 8.38. The van der Waals surface area contributed by atoms with E-state index in [2.05, 4.69) is 67.3 Å². The van der Waals surface area contributed by atoms with E-state index in [1.807, 2.05) is 32.3 Å². The van der Waals surface area contributed by atoms with E-state index < -0.39 is 0 Å². The van der Waals surface area contributed by atoms with Crippen molar-refractivity contribution >= 4 is 17.3 Å². The normalized spacial score (nSPS) is 13.7. The fourth-order valence-corrected chi connectivity index (χ4v) is 4.32. The number of hydrogen-bond donors (Lipinski definition) is 0. The van der Waals surface area contributed by atoms with Crippen molar-refractivity contribution in [2.24, 2.45) is 0 Å². The maximum absolute atomic E-state index is 9.83. The fourth-order valence-electron chi connectivity index (χ4n) is 4.32. The molecule has 3 nitrogen and oxygen atoms in total. The van der Waals surface area contributed by atoms with Crippen molar-refractivity contribution < 1.29 is 0 Å². The molecule has 0 fully saturated rings. The number of fused-ring (bicyclic) bond motifs is 3. The van der Waals surface area contributed by atoms with E-state index in [9.17, 15) is 5.26 Å². The molecule has 3 heteroatoms. The quantitative estimate of drug-likeness (QED) is 0.408. The van der Waals surface area contributed by atoms with Crippen molar-refractivity contribution in [2.75, 3.05) is 19.0 Å². The Morgan fingerprint density at radius 2 is 1.60 bits per heavy atom. The second-order valence-electron chi connectivity index (χ2n) is 8.38. The van der Waals surface area contributed by atoms with Crippen LogP contribution in [0.2, 0.25) is 0 Å². The van der Waals surface area contributed by atoms with E-state index in [-0.39, 0.29) is 5.41 Å².